The molecule has 8 nitrogen and oxygen atoms in total. The summed E-state index contributed by atoms with van der Waals surface area (Å²) in [7, 11) is 1.59. The summed E-state index contributed by atoms with van der Waals surface area (Å²) in [5.41, 5.74) is 3.95. The number of fused-ring (bicyclic) bond motifs is 1. The highest BCUT2D eigenvalue weighted by Gasteiger charge is 2.42. The molecule has 3 heterocycles. The summed E-state index contributed by atoms with van der Waals surface area (Å²) in [6.45, 7) is 2.78. The van der Waals surface area contributed by atoms with Gasteiger partial charge in [0.15, 0.2) is 11.5 Å². The maximum Gasteiger partial charge on any atom is 0.273 e. The van der Waals surface area contributed by atoms with Gasteiger partial charge in [0.25, 0.3) is 5.91 Å². The summed E-state index contributed by atoms with van der Waals surface area (Å²) < 4.78 is 11.3. The molecule has 0 saturated heterocycles. The second kappa shape index (κ2) is 8.90. The summed E-state index contributed by atoms with van der Waals surface area (Å²) in [5, 5.41) is 17.9. The number of aromatic nitrogens is 3. The highest BCUT2D eigenvalue weighted by Crippen LogP contribution is 2.46. The van der Waals surface area contributed by atoms with Crippen molar-refractivity contribution in [2.45, 2.75) is 19.5 Å². The van der Waals surface area contributed by atoms with E-state index in [1.807, 2.05) is 43.3 Å². The van der Waals surface area contributed by atoms with Crippen LogP contribution < -0.4 is 9.47 Å². The maximum absolute atomic E-state index is 13.6. The number of methoxy groups -OCH3 is 1. The zero-order chi connectivity index (χ0) is 23.7. The van der Waals surface area contributed by atoms with Gasteiger partial charge in [-0.3, -0.25) is 14.9 Å². The van der Waals surface area contributed by atoms with Crippen molar-refractivity contribution in [2.75, 3.05) is 13.7 Å². The minimum Gasteiger partial charge on any atom is -0.507 e. The molecule has 0 spiro atoms. The molecular weight excluding hydrogens is 432 g/mol. The number of para-hydroxylation sites is 1. The lowest BCUT2D eigenvalue weighted by Gasteiger charge is -2.27. The topological polar surface area (TPSA) is 101 Å². The van der Waals surface area contributed by atoms with Crippen LogP contribution in [0.1, 0.15) is 40.1 Å². The second-order valence-corrected chi connectivity index (χ2v) is 7.92. The van der Waals surface area contributed by atoms with E-state index in [1.165, 1.54) is 0 Å². The second-order valence-electron chi connectivity index (χ2n) is 7.92. The van der Waals surface area contributed by atoms with Crippen LogP contribution in [0.2, 0.25) is 0 Å². The highest BCUT2D eigenvalue weighted by atomic mass is 16.5. The van der Waals surface area contributed by atoms with Gasteiger partial charge in [0, 0.05) is 30.1 Å². The quantitative estimate of drug-likeness (QED) is 0.429. The van der Waals surface area contributed by atoms with Gasteiger partial charge < -0.3 is 19.5 Å². The van der Waals surface area contributed by atoms with E-state index in [1.54, 1.807) is 42.6 Å². The molecule has 172 valence electrons. The average Bonchev–Trinajstić information content (AvgIpc) is 3.40. The van der Waals surface area contributed by atoms with E-state index < -0.39 is 6.04 Å². The summed E-state index contributed by atoms with van der Waals surface area (Å²) in [4.78, 5) is 19.5. The standard InChI is InChI=1S/C26H24N4O4/c1-3-34-20-11-10-17(13-21(20)33-2)25-22-23(18-8-4-5-9-19(18)31)28-29-24(22)26(32)30(25)15-16-7-6-12-27-14-16/h4-14,25,31H,3,15H2,1-2H3,(H,28,29)/t25-/m0/s1. The molecule has 1 amide bonds. The number of benzene rings is 2. The number of rotatable bonds is 7. The van der Waals surface area contributed by atoms with Crippen LogP contribution in [0.3, 0.4) is 0 Å². The van der Waals surface area contributed by atoms with E-state index in [0.717, 1.165) is 11.1 Å². The number of hydrogen-bond acceptors (Lipinski definition) is 6. The molecule has 4 aromatic rings. The summed E-state index contributed by atoms with van der Waals surface area (Å²) in [5.74, 6) is 1.13. The molecule has 0 aliphatic carbocycles. The molecule has 0 radical (unpaired) electrons. The molecule has 5 rings (SSSR count). The number of ether oxygens (including phenoxy) is 2. The first-order valence-electron chi connectivity index (χ1n) is 11.0. The Kier molecular flexibility index (Phi) is 5.63. The van der Waals surface area contributed by atoms with Crippen LogP contribution in [0.25, 0.3) is 11.3 Å². The Morgan fingerprint density at radius 2 is 1.97 bits per heavy atom. The number of hydrogen-bond donors (Lipinski definition) is 2. The summed E-state index contributed by atoms with van der Waals surface area (Å²) >= 11 is 0. The highest BCUT2D eigenvalue weighted by molar-refractivity contribution is 6.00. The lowest BCUT2D eigenvalue weighted by Crippen LogP contribution is -2.29. The normalized spacial score (nSPS) is 14.8. The van der Waals surface area contributed by atoms with Crippen molar-refractivity contribution < 1.29 is 19.4 Å². The number of carbonyl (C=O) groups excluding carboxylic acids is 1. The lowest BCUT2D eigenvalue weighted by atomic mass is 9.95. The van der Waals surface area contributed by atoms with Crippen molar-refractivity contribution in [1.29, 1.82) is 0 Å². The number of nitrogens with one attached hydrogen (secondary N) is 1. The van der Waals surface area contributed by atoms with Crippen LogP contribution in [0.4, 0.5) is 0 Å². The Balaban J connectivity index is 1.67. The molecule has 0 bridgehead atoms. The first-order valence-corrected chi connectivity index (χ1v) is 11.0. The molecule has 8 heteroatoms. The van der Waals surface area contributed by atoms with Crippen molar-refractivity contribution in [3.8, 4) is 28.5 Å². The summed E-state index contributed by atoms with van der Waals surface area (Å²) in [6.07, 6.45) is 3.45. The zero-order valence-electron chi connectivity index (χ0n) is 18.9. The van der Waals surface area contributed by atoms with E-state index in [9.17, 15) is 9.90 Å². The summed E-state index contributed by atoms with van der Waals surface area (Å²) in [6, 6.07) is 16.0. The van der Waals surface area contributed by atoms with E-state index in [0.29, 0.717) is 47.2 Å². The molecule has 2 aromatic carbocycles. The number of amides is 1. The molecule has 2 aromatic heterocycles. The largest absolute Gasteiger partial charge is 0.507 e. The van der Waals surface area contributed by atoms with Crippen molar-refractivity contribution >= 4 is 5.91 Å². The minimum absolute atomic E-state index is 0.0954. The Labute approximate surface area is 196 Å². The third-order valence-corrected chi connectivity index (χ3v) is 5.90. The Morgan fingerprint density at radius 3 is 2.71 bits per heavy atom. The van der Waals surface area contributed by atoms with Crippen LogP contribution in [0.5, 0.6) is 17.2 Å². The lowest BCUT2D eigenvalue weighted by molar-refractivity contribution is 0.0729. The molecule has 0 unspecified atom stereocenters. The van der Waals surface area contributed by atoms with Crippen molar-refractivity contribution in [1.82, 2.24) is 20.1 Å². The smallest absolute Gasteiger partial charge is 0.273 e. The molecule has 0 saturated carbocycles. The van der Waals surface area contributed by atoms with Gasteiger partial charge in [-0.1, -0.05) is 24.3 Å². The third kappa shape index (κ3) is 3.63. The number of pyridine rings is 1. The van der Waals surface area contributed by atoms with Gasteiger partial charge in [0.1, 0.15) is 17.1 Å². The minimum atomic E-state index is -0.458. The fourth-order valence-corrected chi connectivity index (χ4v) is 4.40. The number of nitrogens with zero attached hydrogens (tertiary/aromatic N) is 3. The van der Waals surface area contributed by atoms with Crippen molar-refractivity contribution in [3.63, 3.8) is 0 Å². The van der Waals surface area contributed by atoms with Gasteiger partial charge >= 0.3 is 0 Å². The molecule has 34 heavy (non-hydrogen) atoms. The predicted molar refractivity (Wildman–Crippen MR) is 126 cm³/mol. The van der Waals surface area contributed by atoms with Gasteiger partial charge in [-0.15, -0.1) is 0 Å². The van der Waals surface area contributed by atoms with Gasteiger partial charge in [-0.2, -0.15) is 5.10 Å². The Morgan fingerprint density at radius 1 is 1.12 bits per heavy atom. The number of aromatic hydroxyl groups is 1. The Bertz CT molecular complexity index is 1340. The predicted octanol–water partition coefficient (Wildman–Crippen LogP) is 4.33. The fraction of sp³-hybridized carbons (Fsp3) is 0.192. The van der Waals surface area contributed by atoms with Gasteiger partial charge in [-0.05, 0) is 48.4 Å². The van der Waals surface area contributed by atoms with E-state index >= 15 is 0 Å². The van der Waals surface area contributed by atoms with E-state index in [4.69, 9.17) is 9.47 Å². The van der Waals surface area contributed by atoms with Crippen molar-refractivity contribution in [3.05, 3.63) is 89.4 Å². The number of phenols is 1. The average molecular weight is 457 g/mol. The molecule has 1 aliphatic heterocycles. The first kappa shape index (κ1) is 21.5. The van der Waals surface area contributed by atoms with Gasteiger partial charge in [-0.25, -0.2) is 0 Å². The number of carbonyl (C=O) groups is 1. The molecule has 2 N–H and O–H groups in total. The molecule has 0 fully saturated rings. The van der Waals surface area contributed by atoms with Crippen LogP contribution >= 0.6 is 0 Å². The molecule has 1 atom stereocenters. The molecular formula is C26H24N4O4. The van der Waals surface area contributed by atoms with Crippen molar-refractivity contribution in [2.24, 2.45) is 0 Å². The van der Waals surface area contributed by atoms with E-state index in [-0.39, 0.29) is 11.7 Å². The first-order chi connectivity index (χ1) is 16.6. The fourth-order valence-electron chi connectivity index (χ4n) is 4.40. The SMILES string of the molecule is CCOc1ccc([C@H]2c3c(-c4ccccc4O)n[nH]c3C(=O)N2Cc2cccnc2)cc1OC. The number of aromatic amines is 1. The number of phenolic OH excluding ortho intramolecular Hbond substituents is 1. The van der Waals surface area contributed by atoms with Crippen LogP contribution in [0, 0.1) is 0 Å². The van der Waals surface area contributed by atoms with E-state index in [2.05, 4.69) is 15.2 Å². The monoisotopic (exact) mass is 456 g/mol. The number of H-pyrrole nitrogens is 1. The van der Waals surface area contributed by atoms with Gasteiger partial charge in [0.05, 0.1) is 19.8 Å². The van der Waals surface area contributed by atoms with Gasteiger partial charge in [0.2, 0.25) is 0 Å². The molecule has 1 aliphatic rings. The third-order valence-electron chi connectivity index (χ3n) is 5.90. The maximum atomic E-state index is 13.6. The van der Waals surface area contributed by atoms with Crippen LogP contribution in [0.15, 0.2) is 67.0 Å². The Hall–Kier alpha value is -4.33. The zero-order valence-corrected chi connectivity index (χ0v) is 18.9. The van der Waals surface area contributed by atoms with Crippen LogP contribution in [-0.4, -0.2) is 44.8 Å². The van der Waals surface area contributed by atoms with Crippen LogP contribution in [-0.2, 0) is 6.54 Å².